The Morgan fingerprint density at radius 2 is 1.71 bits per heavy atom. The molecule has 0 radical (unpaired) electrons. The maximum atomic E-state index is 12.1. The number of benzene rings is 1. The minimum atomic E-state index is -1.26. The molecule has 5 nitrogen and oxygen atoms in total. The molecule has 0 aliphatic carbocycles. The van der Waals surface area contributed by atoms with E-state index in [-0.39, 0.29) is 10.7 Å². The summed E-state index contributed by atoms with van der Waals surface area (Å²) in [5.41, 5.74) is 2.05. The number of carbonyl (C=O) groups is 2. The predicted octanol–water partition coefficient (Wildman–Crippen LogP) is 1.84. The molecule has 0 bridgehead atoms. The fourth-order valence-electron chi connectivity index (χ4n) is 2.45. The molecule has 124 valence electrons. The van der Waals surface area contributed by atoms with E-state index in [4.69, 9.17) is 4.74 Å². The van der Waals surface area contributed by atoms with Crippen LogP contribution in [-0.4, -0.2) is 38.1 Å². The molecule has 0 N–H and O–H groups in total. The standard InChI is InChI=1S/C18H17NO4S/c20-15(16-7-8-17(24-16)18(21)22)6-3-13-1-4-14(5-2-13)19-9-11-23-12-10-19/h1-8H,9-12H2,(H,21,22)/p-1/b6-3+. The van der Waals surface area contributed by atoms with Gasteiger partial charge >= 0.3 is 0 Å². The van der Waals surface area contributed by atoms with Gasteiger partial charge in [-0.2, -0.15) is 0 Å². The van der Waals surface area contributed by atoms with Crippen molar-refractivity contribution in [3.05, 3.63) is 57.8 Å². The van der Waals surface area contributed by atoms with Gasteiger partial charge in [-0.1, -0.05) is 18.2 Å². The second-order valence-corrected chi connectivity index (χ2v) is 6.42. The number of hydrogen-bond donors (Lipinski definition) is 0. The largest absolute Gasteiger partial charge is 0.544 e. The molecule has 0 atom stereocenters. The van der Waals surface area contributed by atoms with Crippen molar-refractivity contribution < 1.29 is 19.4 Å². The van der Waals surface area contributed by atoms with Crippen molar-refractivity contribution in [3.63, 3.8) is 0 Å². The van der Waals surface area contributed by atoms with Gasteiger partial charge in [0.15, 0.2) is 5.78 Å². The number of morpholine rings is 1. The van der Waals surface area contributed by atoms with Crippen molar-refractivity contribution in [1.82, 2.24) is 0 Å². The molecular weight excluding hydrogens is 326 g/mol. The van der Waals surface area contributed by atoms with E-state index in [0.717, 1.165) is 48.9 Å². The summed E-state index contributed by atoms with van der Waals surface area (Å²) in [7, 11) is 0. The number of carbonyl (C=O) groups excluding carboxylic acids is 2. The van der Waals surface area contributed by atoms with Gasteiger partial charge < -0.3 is 19.5 Å². The first kappa shape index (κ1) is 16.4. The Hall–Kier alpha value is -2.44. The molecule has 1 aromatic carbocycles. The van der Waals surface area contributed by atoms with Crippen molar-refractivity contribution in [1.29, 1.82) is 0 Å². The van der Waals surface area contributed by atoms with E-state index in [1.54, 1.807) is 6.08 Å². The summed E-state index contributed by atoms with van der Waals surface area (Å²) in [6, 6.07) is 10.8. The molecule has 1 aliphatic heterocycles. The second-order valence-electron chi connectivity index (χ2n) is 5.34. The minimum Gasteiger partial charge on any atom is -0.544 e. The number of aromatic carboxylic acids is 1. The summed E-state index contributed by atoms with van der Waals surface area (Å²) in [4.78, 5) is 25.5. The molecule has 0 spiro atoms. The fourth-order valence-corrected chi connectivity index (χ4v) is 3.21. The van der Waals surface area contributed by atoms with Crippen molar-refractivity contribution in [2.75, 3.05) is 31.2 Å². The highest BCUT2D eigenvalue weighted by Gasteiger charge is 2.10. The molecular formula is C18H16NO4S-. The van der Waals surface area contributed by atoms with Gasteiger partial charge in [0.05, 0.1) is 28.9 Å². The number of ketones is 1. The van der Waals surface area contributed by atoms with Gasteiger partial charge in [-0.3, -0.25) is 4.79 Å². The third-order valence-corrected chi connectivity index (χ3v) is 4.83. The van der Waals surface area contributed by atoms with Crippen molar-refractivity contribution in [2.45, 2.75) is 0 Å². The van der Waals surface area contributed by atoms with Gasteiger partial charge in [0.2, 0.25) is 0 Å². The summed E-state index contributed by atoms with van der Waals surface area (Å²) >= 11 is 0.924. The maximum Gasteiger partial charge on any atom is 0.195 e. The number of ether oxygens (including phenoxy) is 1. The molecule has 2 heterocycles. The Labute approximate surface area is 143 Å². The van der Waals surface area contributed by atoms with Crippen LogP contribution in [0.4, 0.5) is 5.69 Å². The predicted molar refractivity (Wildman–Crippen MR) is 91.5 cm³/mol. The Kier molecular flexibility index (Phi) is 5.08. The SMILES string of the molecule is O=C([O-])c1ccc(C(=O)/C=C/c2ccc(N3CCOCC3)cc2)s1. The first-order valence-electron chi connectivity index (χ1n) is 7.60. The summed E-state index contributed by atoms with van der Waals surface area (Å²) in [5, 5.41) is 10.7. The van der Waals surface area contributed by atoms with Crippen LogP contribution in [-0.2, 0) is 4.74 Å². The molecule has 0 amide bonds. The van der Waals surface area contributed by atoms with Gasteiger partial charge in [0.1, 0.15) is 0 Å². The average Bonchev–Trinajstić information content (AvgIpc) is 3.11. The van der Waals surface area contributed by atoms with E-state index >= 15 is 0 Å². The Morgan fingerprint density at radius 1 is 1.04 bits per heavy atom. The summed E-state index contributed by atoms with van der Waals surface area (Å²) in [5.74, 6) is -1.48. The molecule has 24 heavy (non-hydrogen) atoms. The zero-order valence-electron chi connectivity index (χ0n) is 12.9. The van der Waals surface area contributed by atoms with Crippen LogP contribution < -0.4 is 10.0 Å². The highest BCUT2D eigenvalue weighted by molar-refractivity contribution is 7.16. The van der Waals surface area contributed by atoms with Crippen molar-refractivity contribution >= 4 is 34.9 Å². The number of nitrogens with zero attached hydrogens (tertiary/aromatic N) is 1. The van der Waals surface area contributed by atoms with E-state index in [0.29, 0.717) is 4.88 Å². The molecule has 1 aromatic heterocycles. The summed E-state index contributed by atoms with van der Waals surface area (Å²) in [6.07, 6.45) is 3.18. The molecule has 1 aliphatic rings. The number of carboxylic acids is 1. The van der Waals surface area contributed by atoms with Crippen molar-refractivity contribution in [3.8, 4) is 0 Å². The number of allylic oxidation sites excluding steroid dienone is 1. The molecule has 6 heteroatoms. The average molecular weight is 342 g/mol. The topological polar surface area (TPSA) is 69.7 Å². The third kappa shape index (κ3) is 3.90. The van der Waals surface area contributed by atoms with Crippen molar-refractivity contribution in [2.24, 2.45) is 0 Å². The van der Waals surface area contributed by atoms with E-state index in [1.807, 2.05) is 24.3 Å². The van der Waals surface area contributed by atoms with Crippen LogP contribution in [0.1, 0.15) is 24.9 Å². The van der Waals surface area contributed by atoms with Crippen LogP contribution in [0.15, 0.2) is 42.5 Å². The lowest BCUT2D eigenvalue weighted by molar-refractivity contribution is -0.254. The third-order valence-electron chi connectivity index (χ3n) is 3.75. The van der Waals surface area contributed by atoms with Crippen LogP contribution in [0, 0.1) is 0 Å². The van der Waals surface area contributed by atoms with Gasteiger partial charge in [0, 0.05) is 18.8 Å². The lowest BCUT2D eigenvalue weighted by atomic mass is 10.1. The normalized spacial score (nSPS) is 14.9. The highest BCUT2D eigenvalue weighted by Crippen LogP contribution is 2.19. The first-order chi connectivity index (χ1) is 11.6. The van der Waals surface area contributed by atoms with E-state index in [2.05, 4.69) is 4.90 Å². The van der Waals surface area contributed by atoms with E-state index in [9.17, 15) is 14.7 Å². The number of rotatable bonds is 5. The quantitative estimate of drug-likeness (QED) is 0.613. The zero-order chi connectivity index (χ0) is 16.9. The van der Waals surface area contributed by atoms with Crippen LogP contribution in [0.25, 0.3) is 6.08 Å². The number of anilines is 1. The molecule has 0 unspecified atom stereocenters. The second kappa shape index (κ2) is 7.42. The maximum absolute atomic E-state index is 12.1. The molecule has 2 aromatic rings. The molecule has 0 saturated carbocycles. The summed E-state index contributed by atoms with van der Waals surface area (Å²) in [6.45, 7) is 3.25. The van der Waals surface area contributed by atoms with Gasteiger partial charge in [-0.25, -0.2) is 0 Å². The molecule has 1 fully saturated rings. The number of thiophene rings is 1. The number of hydrogen-bond acceptors (Lipinski definition) is 6. The van der Waals surface area contributed by atoms with Crippen LogP contribution in [0.2, 0.25) is 0 Å². The van der Waals surface area contributed by atoms with Crippen LogP contribution in [0.5, 0.6) is 0 Å². The highest BCUT2D eigenvalue weighted by atomic mass is 32.1. The Morgan fingerprint density at radius 3 is 2.33 bits per heavy atom. The lowest BCUT2D eigenvalue weighted by Gasteiger charge is -2.28. The van der Waals surface area contributed by atoms with E-state index < -0.39 is 5.97 Å². The summed E-state index contributed by atoms with van der Waals surface area (Å²) < 4.78 is 5.34. The van der Waals surface area contributed by atoms with Gasteiger partial charge in [-0.15, -0.1) is 11.3 Å². The zero-order valence-corrected chi connectivity index (χ0v) is 13.8. The minimum absolute atomic E-state index is 0.0571. The van der Waals surface area contributed by atoms with Crippen LogP contribution >= 0.6 is 11.3 Å². The van der Waals surface area contributed by atoms with Crippen LogP contribution in [0.3, 0.4) is 0 Å². The van der Waals surface area contributed by atoms with E-state index in [1.165, 1.54) is 18.2 Å². The smallest absolute Gasteiger partial charge is 0.195 e. The molecule has 3 rings (SSSR count). The van der Waals surface area contributed by atoms with Gasteiger partial charge in [0.25, 0.3) is 0 Å². The Balaban J connectivity index is 1.65. The molecule has 1 saturated heterocycles. The Bertz CT molecular complexity index is 758. The fraction of sp³-hybridized carbons (Fsp3) is 0.222. The monoisotopic (exact) mass is 342 g/mol. The first-order valence-corrected chi connectivity index (χ1v) is 8.41. The number of carboxylic acid groups (broad SMARTS) is 1. The van der Waals surface area contributed by atoms with Gasteiger partial charge in [-0.05, 0) is 35.9 Å². The lowest BCUT2D eigenvalue weighted by Crippen LogP contribution is -2.36.